The number of fused-ring (bicyclic) bond motifs is 3. The number of thiophene rings is 1. The number of carbonyl (C=O) groups is 1. The maximum atomic E-state index is 12.0. The van der Waals surface area contributed by atoms with Crippen LogP contribution in [0.3, 0.4) is 0 Å². The molecule has 3 nitrogen and oxygen atoms in total. The number of pyridine rings is 1. The minimum absolute atomic E-state index is 0.254. The Labute approximate surface area is 122 Å². The molecule has 0 fully saturated rings. The molecule has 0 N–H and O–H groups in total. The highest BCUT2D eigenvalue weighted by Gasteiger charge is 2.23. The van der Waals surface area contributed by atoms with Gasteiger partial charge in [0.2, 0.25) is 0 Å². The molecule has 0 bridgehead atoms. The van der Waals surface area contributed by atoms with Crippen LogP contribution < -0.4 is 0 Å². The summed E-state index contributed by atoms with van der Waals surface area (Å²) < 4.78 is 5.14. The van der Waals surface area contributed by atoms with Crippen molar-refractivity contribution in [2.45, 2.75) is 33.1 Å². The molecular formula is C16H17NO2S. The second kappa shape index (κ2) is 5.37. The van der Waals surface area contributed by atoms with E-state index in [0.29, 0.717) is 12.2 Å². The first-order valence-electron chi connectivity index (χ1n) is 7.01. The standard InChI is InChI=1S/C16H17NO2S/c1-3-13-12(16(18)19-4-2)9-10-5-6-14-11(7-8-20-14)15(10)17-13/h7-9H,3-6H2,1-2H3. The van der Waals surface area contributed by atoms with Gasteiger partial charge in [-0.2, -0.15) is 0 Å². The largest absolute Gasteiger partial charge is 0.462 e. The van der Waals surface area contributed by atoms with Crippen LogP contribution in [0.2, 0.25) is 0 Å². The van der Waals surface area contributed by atoms with Gasteiger partial charge in [0.05, 0.1) is 23.6 Å². The summed E-state index contributed by atoms with van der Waals surface area (Å²) in [5.41, 5.74) is 4.92. The third-order valence-corrected chi connectivity index (χ3v) is 4.61. The number of carbonyl (C=O) groups excluding carboxylic acids is 1. The van der Waals surface area contributed by atoms with E-state index in [1.807, 2.05) is 19.9 Å². The molecule has 0 spiro atoms. The highest BCUT2D eigenvalue weighted by molar-refractivity contribution is 7.10. The van der Waals surface area contributed by atoms with Crippen LogP contribution in [0.4, 0.5) is 0 Å². The number of nitrogens with zero attached hydrogens (tertiary/aromatic N) is 1. The van der Waals surface area contributed by atoms with Crippen molar-refractivity contribution >= 4 is 17.3 Å². The van der Waals surface area contributed by atoms with E-state index >= 15 is 0 Å². The van der Waals surface area contributed by atoms with Crippen LogP contribution in [0, 0.1) is 0 Å². The van der Waals surface area contributed by atoms with Crippen LogP contribution in [-0.2, 0) is 24.0 Å². The third-order valence-electron chi connectivity index (χ3n) is 3.63. The predicted octanol–water partition coefficient (Wildman–Crippen LogP) is 3.65. The van der Waals surface area contributed by atoms with E-state index in [1.54, 1.807) is 11.3 Å². The fourth-order valence-electron chi connectivity index (χ4n) is 2.67. The quantitative estimate of drug-likeness (QED) is 0.809. The second-order valence-corrected chi connectivity index (χ2v) is 5.82. The number of ether oxygens (including phenoxy) is 1. The lowest BCUT2D eigenvalue weighted by Gasteiger charge is -2.18. The normalized spacial score (nSPS) is 12.7. The molecule has 4 heteroatoms. The monoisotopic (exact) mass is 287 g/mol. The smallest absolute Gasteiger partial charge is 0.339 e. The summed E-state index contributed by atoms with van der Waals surface area (Å²) in [5, 5.41) is 2.12. The van der Waals surface area contributed by atoms with E-state index < -0.39 is 0 Å². The first-order chi connectivity index (χ1) is 9.74. The van der Waals surface area contributed by atoms with Gasteiger partial charge in [-0.1, -0.05) is 6.92 Å². The van der Waals surface area contributed by atoms with Gasteiger partial charge in [-0.3, -0.25) is 4.98 Å². The topological polar surface area (TPSA) is 39.2 Å². The lowest BCUT2D eigenvalue weighted by atomic mass is 9.93. The molecule has 1 aliphatic rings. The minimum atomic E-state index is -0.254. The van der Waals surface area contributed by atoms with Crippen molar-refractivity contribution in [3.63, 3.8) is 0 Å². The highest BCUT2D eigenvalue weighted by atomic mass is 32.1. The lowest BCUT2D eigenvalue weighted by Crippen LogP contribution is -2.13. The number of rotatable bonds is 3. The molecule has 2 aromatic rings. The maximum Gasteiger partial charge on any atom is 0.339 e. The Bertz CT molecular complexity index is 660. The molecule has 1 aliphatic carbocycles. The van der Waals surface area contributed by atoms with Crippen molar-refractivity contribution in [1.29, 1.82) is 0 Å². The van der Waals surface area contributed by atoms with E-state index in [-0.39, 0.29) is 5.97 Å². The van der Waals surface area contributed by atoms with Gasteiger partial charge in [0.15, 0.2) is 0 Å². The Morgan fingerprint density at radius 3 is 3.00 bits per heavy atom. The zero-order valence-corrected chi connectivity index (χ0v) is 12.5. The van der Waals surface area contributed by atoms with Crippen LogP contribution in [0.15, 0.2) is 17.5 Å². The number of hydrogen-bond acceptors (Lipinski definition) is 4. The van der Waals surface area contributed by atoms with Gasteiger partial charge in [-0.25, -0.2) is 4.79 Å². The summed E-state index contributed by atoms with van der Waals surface area (Å²) >= 11 is 1.79. The van der Waals surface area contributed by atoms with Gasteiger partial charge in [0.25, 0.3) is 0 Å². The molecule has 0 aromatic carbocycles. The van der Waals surface area contributed by atoms with Gasteiger partial charge in [-0.15, -0.1) is 11.3 Å². The molecule has 0 radical (unpaired) electrons. The molecule has 0 unspecified atom stereocenters. The number of aryl methyl sites for hydroxylation is 3. The summed E-state index contributed by atoms with van der Waals surface area (Å²) in [6.45, 7) is 4.25. The average molecular weight is 287 g/mol. The molecule has 2 heterocycles. The number of aromatic nitrogens is 1. The van der Waals surface area contributed by atoms with Crippen LogP contribution >= 0.6 is 11.3 Å². The van der Waals surface area contributed by atoms with Gasteiger partial charge in [0, 0.05) is 10.4 Å². The van der Waals surface area contributed by atoms with Gasteiger partial charge >= 0.3 is 5.97 Å². The fraction of sp³-hybridized carbons (Fsp3) is 0.375. The van der Waals surface area contributed by atoms with Crippen molar-refractivity contribution in [2.24, 2.45) is 0 Å². The lowest BCUT2D eigenvalue weighted by molar-refractivity contribution is 0.0524. The van der Waals surface area contributed by atoms with E-state index in [4.69, 9.17) is 9.72 Å². The van der Waals surface area contributed by atoms with E-state index in [0.717, 1.165) is 36.2 Å². The molecule has 104 valence electrons. The van der Waals surface area contributed by atoms with Crippen LogP contribution in [0.25, 0.3) is 11.3 Å². The summed E-state index contributed by atoms with van der Waals surface area (Å²) in [6, 6.07) is 4.12. The maximum absolute atomic E-state index is 12.0. The molecule has 0 saturated heterocycles. The molecule has 0 saturated carbocycles. The first kappa shape index (κ1) is 13.3. The predicted molar refractivity (Wildman–Crippen MR) is 80.3 cm³/mol. The Morgan fingerprint density at radius 1 is 1.40 bits per heavy atom. The molecule has 2 aromatic heterocycles. The molecule has 0 atom stereocenters. The van der Waals surface area contributed by atoms with Crippen molar-refractivity contribution in [2.75, 3.05) is 6.61 Å². The Kier molecular flexibility index (Phi) is 3.57. The Morgan fingerprint density at radius 2 is 2.25 bits per heavy atom. The van der Waals surface area contributed by atoms with Crippen molar-refractivity contribution in [3.05, 3.63) is 39.2 Å². The zero-order valence-electron chi connectivity index (χ0n) is 11.7. The molecule has 3 rings (SSSR count). The third kappa shape index (κ3) is 2.14. The SMILES string of the molecule is CCOC(=O)c1cc2c(nc1CC)-c1ccsc1CC2. The van der Waals surface area contributed by atoms with E-state index in [1.165, 1.54) is 10.4 Å². The number of hydrogen-bond donors (Lipinski definition) is 0. The van der Waals surface area contributed by atoms with Crippen LogP contribution in [0.1, 0.15) is 40.3 Å². The first-order valence-corrected chi connectivity index (χ1v) is 7.89. The second-order valence-electron chi connectivity index (χ2n) is 4.82. The minimum Gasteiger partial charge on any atom is -0.462 e. The molecule has 20 heavy (non-hydrogen) atoms. The van der Waals surface area contributed by atoms with Crippen molar-refractivity contribution in [1.82, 2.24) is 4.98 Å². The summed E-state index contributed by atoms with van der Waals surface area (Å²) in [6.07, 6.45) is 2.72. The summed E-state index contributed by atoms with van der Waals surface area (Å²) in [4.78, 5) is 18.2. The fourth-order valence-corrected chi connectivity index (χ4v) is 3.55. The Balaban J connectivity index is 2.12. The van der Waals surface area contributed by atoms with Gasteiger partial charge < -0.3 is 4.74 Å². The summed E-state index contributed by atoms with van der Waals surface area (Å²) in [5.74, 6) is -0.254. The molecule has 0 amide bonds. The van der Waals surface area contributed by atoms with E-state index in [2.05, 4.69) is 11.4 Å². The van der Waals surface area contributed by atoms with Crippen molar-refractivity contribution in [3.8, 4) is 11.3 Å². The zero-order chi connectivity index (χ0) is 14.1. The van der Waals surface area contributed by atoms with Crippen LogP contribution in [0.5, 0.6) is 0 Å². The molecular weight excluding hydrogens is 270 g/mol. The molecule has 0 aliphatic heterocycles. The number of esters is 1. The van der Waals surface area contributed by atoms with E-state index in [9.17, 15) is 4.79 Å². The average Bonchev–Trinajstić information content (AvgIpc) is 2.94. The van der Waals surface area contributed by atoms with Gasteiger partial charge in [-0.05, 0) is 49.3 Å². The van der Waals surface area contributed by atoms with Gasteiger partial charge in [0.1, 0.15) is 0 Å². The highest BCUT2D eigenvalue weighted by Crippen LogP contribution is 2.36. The summed E-state index contributed by atoms with van der Waals surface area (Å²) in [7, 11) is 0. The van der Waals surface area contributed by atoms with Crippen molar-refractivity contribution < 1.29 is 9.53 Å². The Hall–Kier alpha value is -1.68. The van der Waals surface area contributed by atoms with Crippen LogP contribution in [-0.4, -0.2) is 17.6 Å².